The van der Waals surface area contributed by atoms with Gasteiger partial charge in [0.15, 0.2) is 0 Å². The molecule has 0 aromatic carbocycles. The normalized spacial score (nSPS) is 25.6. The number of hydrogen-bond donors (Lipinski definition) is 1. The average molecular weight is 337 g/mol. The standard InChI is InChI=1S/C19H36N4O/c24-19(23-13-8-20-9-14-23)7-12-21-10-4-11-22(16-15-21)17-18-5-2-1-3-6-18/h18,20H,1-17H2. The first-order valence-electron chi connectivity index (χ1n) is 10.2. The van der Waals surface area contributed by atoms with Crippen molar-refractivity contribution in [2.24, 2.45) is 5.92 Å². The van der Waals surface area contributed by atoms with Gasteiger partial charge in [0.2, 0.25) is 5.91 Å². The van der Waals surface area contributed by atoms with Crippen LogP contribution in [0.5, 0.6) is 0 Å². The van der Waals surface area contributed by atoms with Crippen molar-refractivity contribution in [2.75, 3.05) is 65.4 Å². The van der Waals surface area contributed by atoms with E-state index in [2.05, 4.69) is 15.1 Å². The van der Waals surface area contributed by atoms with Crippen molar-refractivity contribution in [3.63, 3.8) is 0 Å². The van der Waals surface area contributed by atoms with Gasteiger partial charge in [0.05, 0.1) is 0 Å². The van der Waals surface area contributed by atoms with E-state index in [4.69, 9.17) is 0 Å². The summed E-state index contributed by atoms with van der Waals surface area (Å²) >= 11 is 0. The number of carbonyl (C=O) groups excluding carboxylic acids is 1. The molecule has 1 N–H and O–H groups in total. The van der Waals surface area contributed by atoms with Gasteiger partial charge in [0.1, 0.15) is 0 Å². The van der Waals surface area contributed by atoms with Gasteiger partial charge in [-0.2, -0.15) is 0 Å². The van der Waals surface area contributed by atoms with Gasteiger partial charge in [0, 0.05) is 58.8 Å². The molecule has 5 nitrogen and oxygen atoms in total. The lowest BCUT2D eigenvalue weighted by atomic mass is 9.89. The number of hydrogen-bond acceptors (Lipinski definition) is 4. The van der Waals surface area contributed by atoms with Gasteiger partial charge in [-0.1, -0.05) is 19.3 Å². The third-order valence-corrected chi connectivity index (χ3v) is 6.03. The van der Waals surface area contributed by atoms with Gasteiger partial charge in [-0.15, -0.1) is 0 Å². The van der Waals surface area contributed by atoms with Crippen LogP contribution in [0.3, 0.4) is 0 Å². The number of nitrogens with zero attached hydrogens (tertiary/aromatic N) is 3. The molecule has 3 fully saturated rings. The van der Waals surface area contributed by atoms with E-state index >= 15 is 0 Å². The van der Waals surface area contributed by atoms with Crippen LogP contribution in [0.1, 0.15) is 44.9 Å². The highest BCUT2D eigenvalue weighted by molar-refractivity contribution is 5.76. The maximum atomic E-state index is 12.3. The molecular formula is C19H36N4O. The first kappa shape index (κ1) is 18.2. The second-order valence-corrected chi connectivity index (χ2v) is 7.88. The lowest BCUT2D eigenvalue weighted by Gasteiger charge is -2.29. The van der Waals surface area contributed by atoms with E-state index in [0.29, 0.717) is 12.3 Å². The predicted octanol–water partition coefficient (Wildman–Crippen LogP) is 1.40. The molecule has 3 aliphatic rings. The van der Waals surface area contributed by atoms with Gasteiger partial charge < -0.3 is 20.0 Å². The molecule has 0 spiro atoms. The summed E-state index contributed by atoms with van der Waals surface area (Å²) in [7, 11) is 0. The smallest absolute Gasteiger partial charge is 0.223 e. The lowest BCUT2D eigenvalue weighted by Crippen LogP contribution is -2.47. The molecule has 0 unspecified atom stereocenters. The van der Waals surface area contributed by atoms with Crippen LogP contribution in [-0.2, 0) is 4.79 Å². The molecule has 0 bridgehead atoms. The monoisotopic (exact) mass is 336 g/mol. The summed E-state index contributed by atoms with van der Waals surface area (Å²) in [5.41, 5.74) is 0. The third-order valence-electron chi connectivity index (χ3n) is 6.03. The van der Waals surface area contributed by atoms with E-state index in [1.807, 2.05) is 4.90 Å². The minimum absolute atomic E-state index is 0.347. The van der Waals surface area contributed by atoms with Gasteiger partial charge >= 0.3 is 0 Å². The highest BCUT2D eigenvalue weighted by Crippen LogP contribution is 2.24. The van der Waals surface area contributed by atoms with E-state index in [0.717, 1.165) is 51.7 Å². The van der Waals surface area contributed by atoms with E-state index in [1.165, 1.54) is 58.2 Å². The molecule has 0 radical (unpaired) electrons. The average Bonchev–Trinajstić information content (AvgIpc) is 2.86. The molecule has 0 atom stereocenters. The Kier molecular flexibility index (Phi) is 7.36. The van der Waals surface area contributed by atoms with Gasteiger partial charge in [-0.05, 0) is 38.3 Å². The van der Waals surface area contributed by atoms with Crippen molar-refractivity contribution in [1.82, 2.24) is 20.0 Å². The molecule has 24 heavy (non-hydrogen) atoms. The molecule has 138 valence electrons. The van der Waals surface area contributed by atoms with Gasteiger partial charge in [-0.3, -0.25) is 4.79 Å². The summed E-state index contributed by atoms with van der Waals surface area (Å²) in [5.74, 6) is 1.29. The summed E-state index contributed by atoms with van der Waals surface area (Å²) in [4.78, 5) is 19.5. The molecule has 0 aromatic rings. The Morgan fingerprint density at radius 2 is 1.54 bits per heavy atom. The number of amides is 1. The second-order valence-electron chi connectivity index (χ2n) is 7.88. The Hall–Kier alpha value is -0.650. The molecule has 5 heteroatoms. The molecular weight excluding hydrogens is 300 g/mol. The number of nitrogens with one attached hydrogen (secondary N) is 1. The van der Waals surface area contributed by atoms with Gasteiger partial charge in [0.25, 0.3) is 0 Å². The van der Waals surface area contributed by atoms with Crippen LogP contribution >= 0.6 is 0 Å². The van der Waals surface area contributed by atoms with Crippen molar-refractivity contribution >= 4 is 5.91 Å². The third kappa shape index (κ3) is 5.71. The Bertz CT molecular complexity index is 378. The van der Waals surface area contributed by atoms with Crippen LogP contribution < -0.4 is 5.32 Å². The van der Waals surface area contributed by atoms with Gasteiger partial charge in [-0.25, -0.2) is 0 Å². The Morgan fingerprint density at radius 3 is 2.33 bits per heavy atom. The fourth-order valence-electron chi connectivity index (χ4n) is 4.49. The molecule has 2 heterocycles. The van der Waals surface area contributed by atoms with Crippen LogP contribution in [0.25, 0.3) is 0 Å². The maximum Gasteiger partial charge on any atom is 0.223 e. The van der Waals surface area contributed by atoms with Crippen LogP contribution in [-0.4, -0.2) is 86.1 Å². The quantitative estimate of drug-likeness (QED) is 0.824. The zero-order valence-corrected chi connectivity index (χ0v) is 15.3. The van der Waals surface area contributed by atoms with Crippen molar-refractivity contribution in [2.45, 2.75) is 44.9 Å². The number of carbonyl (C=O) groups is 1. The largest absolute Gasteiger partial charge is 0.340 e. The summed E-state index contributed by atoms with van der Waals surface area (Å²) in [6.45, 7) is 10.7. The van der Waals surface area contributed by atoms with Crippen LogP contribution in [0, 0.1) is 5.92 Å². The maximum absolute atomic E-state index is 12.3. The van der Waals surface area contributed by atoms with Crippen molar-refractivity contribution < 1.29 is 4.79 Å². The summed E-state index contributed by atoms with van der Waals surface area (Å²) < 4.78 is 0. The van der Waals surface area contributed by atoms with E-state index in [-0.39, 0.29) is 0 Å². The van der Waals surface area contributed by atoms with Crippen LogP contribution in [0.15, 0.2) is 0 Å². The molecule has 1 saturated carbocycles. The first-order chi connectivity index (χ1) is 11.8. The lowest BCUT2D eigenvalue weighted by molar-refractivity contribution is -0.132. The fraction of sp³-hybridized carbons (Fsp3) is 0.947. The fourth-order valence-corrected chi connectivity index (χ4v) is 4.49. The Morgan fingerprint density at radius 1 is 0.833 bits per heavy atom. The predicted molar refractivity (Wildman–Crippen MR) is 98.1 cm³/mol. The summed E-state index contributed by atoms with van der Waals surface area (Å²) in [5, 5.41) is 3.31. The highest BCUT2D eigenvalue weighted by atomic mass is 16.2. The summed E-state index contributed by atoms with van der Waals surface area (Å²) in [6, 6.07) is 0. The SMILES string of the molecule is O=C(CCN1CCCN(CC2CCCCC2)CC1)N1CCNCC1. The molecule has 1 amide bonds. The van der Waals surface area contributed by atoms with E-state index < -0.39 is 0 Å². The molecule has 3 rings (SSSR count). The zero-order valence-electron chi connectivity index (χ0n) is 15.3. The molecule has 1 aliphatic carbocycles. The Labute approximate surface area is 147 Å². The Balaban J connectivity index is 1.35. The molecule has 0 aromatic heterocycles. The van der Waals surface area contributed by atoms with Crippen LogP contribution in [0.2, 0.25) is 0 Å². The number of piperazine rings is 1. The topological polar surface area (TPSA) is 38.8 Å². The van der Waals surface area contributed by atoms with E-state index in [1.54, 1.807) is 0 Å². The molecule has 2 aliphatic heterocycles. The minimum Gasteiger partial charge on any atom is -0.340 e. The molecule has 2 saturated heterocycles. The van der Waals surface area contributed by atoms with Crippen molar-refractivity contribution in [1.29, 1.82) is 0 Å². The highest BCUT2D eigenvalue weighted by Gasteiger charge is 2.21. The zero-order chi connectivity index (χ0) is 16.6. The number of rotatable bonds is 5. The van der Waals surface area contributed by atoms with Crippen LogP contribution in [0.4, 0.5) is 0 Å². The summed E-state index contributed by atoms with van der Waals surface area (Å²) in [6.07, 6.45) is 9.18. The minimum atomic E-state index is 0.347. The first-order valence-corrected chi connectivity index (χ1v) is 10.2. The van der Waals surface area contributed by atoms with Crippen molar-refractivity contribution in [3.05, 3.63) is 0 Å². The van der Waals surface area contributed by atoms with E-state index in [9.17, 15) is 4.79 Å². The van der Waals surface area contributed by atoms with Crippen molar-refractivity contribution in [3.8, 4) is 0 Å². The second kappa shape index (κ2) is 9.73.